The molecule has 0 N–H and O–H groups in total. The summed E-state index contributed by atoms with van der Waals surface area (Å²) in [6.07, 6.45) is 1.55. The van der Waals surface area contributed by atoms with Gasteiger partial charge in [0.1, 0.15) is 10.8 Å². The number of hydrogen-bond donors (Lipinski definition) is 0. The molecule has 8 nitrogen and oxygen atoms in total. The van der Waals surface area contributed by atoms with Crippen LogP contribution in [0.3, 0.4) is 0 Å². The number of carbonyl (C=O) groups excluding carboxylic acids is 3. The molecule has 0 aromatic carbocycles. The molecule has 0 aliphatic carbocycles. The van der Waals surface area contributed by atoms with Crippen molar-refractivity contribution in [3.63, 3.8) is 0 Å². The van der Waals surface area contributed by atoms with Crippen LogP contribution in [-0.2, 0) is 25.7 Å². The van der Waals surface area contributed by atoms with E-state index in [9.17, 15) is 19.6 Å². The lowest BCUT2D eigenvalue weighted by molar-refractivity contribution is -0.152. The van der Waals surface area contributed by atoms with Gasteiger partial charge >= 0.3 is 5.97 Å². The van der Waals surface area contributed by atoms with Crippen molar-refractivity contribution in [1.82, 2.24) is 9.88 Å². The van der Waals surface area contributed by atoms with E-state index in [4.69, 9.17) is 9.15 Å². The van der Waals surface area contributed by atoms with Gasteiger partial charge in [-0.2, -0.15) is 5.26 Å². The molecule has 1 saturated heterocycles. The van der Waals surface area contributed by atoms with E-state index in [0.717, 1.165) is 5.69 Å². The van der Waals surface area contributed by atoms with Gasteiger partial charge in [0.15, 0.2) is 18.3 Å². The Labute approximate surface area is 159 Å². The van der Waals surface area contributed by atoms with Crippen molar-refractivity contribution in [1.29, 1.82) is 5.26 Å². The van der Waals surface area contributed by atoms with E-state index in [0.29, 0.717) is 10.8 Å². The normalized spacial score (nSPS) is 17.6. The van der Waals surface area contributed by atoms with Crippen LogP contribution in [0.1, 0.15) is 28.8 Å². The zero-order valence-electron chi connectivity index (χ0n) is 14.6. The van der Waals surface area contributed by atoms with E-state index >= 15 is 0 Å². The molecule has 0 spiro atoms. The molecule has 1 aliphatic heterocycles. The minimum Gasteiger partial charge on any atom is -0.467 e. The van der Waals surface area contributed by atoms with E-state index in [2.05, 4.69) is 4.98 Å². The number of rotatable bonds is 7. The van der Waals surface area contributed by atoms with Crippen LogP contribution in [0.2, 0.25) is 0 Å². The van der Waals surface area contributed by atoms with E-state index in [-0.39, 0.29) is 25.4 Å². The third-order valence-corrected chi connectivity index (χ3v) is 5.19. The molecule has 0 radical (unpaired) electrons. The highest BCUT2D eigenvalue weighted by Gasteiger charge is 2.36. The van der Waals surface area contributed by atoms with Gasteiger partial charge in [-0.3, -0.25) is 14.4 Å². The molecular formula is C18H17N3O5S. The fourth-order valence-corrected chi connectivity index (χ4v) is 3.65. The topological polar surface area (TPSA) is 113 Å². The van der Waals surface area contributed by atoms with Crippen molar-refractivity contribution in [2.45, 2.75) is 25.8 Å². The summed E-state index contributed by atoms with van der Waals surface area (Å²) in [5.74, 6) is -2.39. The molecule has 0 bridgehead atoms. The van der Waals surface area contributed by atoms with Crippen LogP contribution < -0.4 is 0 Å². The van der Waals surface area contributed by atoms with Crippen LogP contribution in [0.25, 0.3) is 0 Å². The van der Waals surface area contributed by atoms with Crippen molar-refractivity contribution in [3.8, 4) is 6.07 Å². The van der Waals surface area contributed by atoms with E-state index in [1.54, 1.807) is 24.4 Å². The van der Waals surface area contributed by atoms with Gasteiger partial charge in [-0.05, 0) is 19.1 Å². The number of amides is 1. The summed E-state index contributed by atoms with van der Waals surface area (Å²) in [5.41, 5.74) is 0.723. The first-order chi connectivity index (χ1) is 13.0. The standard InChI is InChI=1S/C18H17N3O5S/c1-11-10-27-17(20-11)14(6-19)15(22)9-26-18(24)12-5-16(23)21(7-12)8-13-3-2-4-25-13/h2-4,10,12,14H,5,7-9H2,1H3/t12-,14+/m1/s1. The maximum absolute atomic E-state index is 12.2. The maximum Gasteiger partial charge on any atom is 0.311 e. The Hall–Kier alpha value is -2.99. The fourth-order valence-electron chi connectivity index (χ4n) is 2.79. The smallest absolute Gasteiger partial charge is 0.311 e. The second kappa shape index (κ2) is 8.14. The molecule has 9 heteroatoms. The second-order valence-corrected chi connectivity index (χ2v) is 7.11. The Morgan fingerprint density at radius 1 is 1.56 bits per heavy atom. The predicted molar refractivity (Wildman–Crippen MR) is 93.4 cm³/mol. The van der Waals surface area contributed by atoms with Gasteiger partial charge in [0, 0.05) is 24.0 Å². The molecule has 3 heterocycles. The minimum atomic E-state index is -1.06. The summed E-state index contributed by atoms with van der Waals surface area (Å²) in [6.45, 7) is 1.75. The summed E-state index contributed by atoms with van der Waals surface area (Å²) in [6, 6.07) is 5.37. The number of nitrogens with zero attached hydrogens (tertiary/aromatic N) is 3. The van der Waals surface area contributed by atoms with Crippen LogP contribution >= 0.6 is 11.3 Å². The van der Waals surface area contributed by atoms with Crippen molar-refractivity contribution < 1.29 is 23.5 Å². The lowest BCUT2D eigenvalue weighted by atomic mass is 10.1. The average Bonchev–Trinajstić information content (AvgIpc) is 3.37. The molecule has 0 saturated carbocycles. The minimum absolute atomic E-state index is 0.0289. The zero-order valence-corrected chi connectivity index (χ0v) is 15.4. The number of aryl methyl sites for hydroxylation is 1. The van der Waals surface area contributed by atoms with Crippen LogP contribution in [0, 0.1) is 24.2 Å². The second-order valence-electron chi connectivity index (χ2n) is 6.22. The summed E-state index contributed by atoms with van der Waals surface area (Å²) >= 11 is 1.22. The quantitative estimate of drug-likeness (QED) is 0.666. The highest BCUT2D eigenvalue weighted by Crippen LogP contribution is 2.23. The van der Waals surface area contributed by atoms with Crippen molar-refractivity contribution in [3.05, 3.63) is 40.2 Å². The largest absolute Gasteiger partial charge is 0.467 e. The fraction of sp³-hybridized carbons (Fsp3) is 0.389. The van der Waals surface area contributed by atoms with Crippen molar-refractivity contribution in [2.75, 3.05) is 13.2 Å². The molecule has 1 fully saturated rings. The summed E-state index contributed by atoms with van der Waals surface area (Å²) in [5, 5.41) is 11.4. The number of furan rings is 1. The number of ether oxygens (including phenoxy) is 1. The first-order valence-electron chi connectivity index (χ1n) is 8.29. The molecule has 0 unspecified atom stereocenters. The Kier molecular flexibility index (Phi) is 5.66. The number of likely N-dealkylation sites (tertiary alicyclic amines) is 1. The van der Waals surface area contributed by atoms with Gasteiger partial charge in [-0.1, -0.05) is 0 Å². The summed E-state index contributed by atoms with van der Waals surface area (Å²) < 4.78 is 10.3. The number of aromatic nitrogens is 1. The van der Waals surface area contributed by atoms with Crippen molar-refractivity contribution >= 4 is 29.0 Å². The van der Waals surface area contributed by atoms with Crippen LogP contribution in [0.15, 0.2) is 28.2 Å². The van der Waals surface area contributed by atoms with Gasteiger partial charge in [0.25, 0.3) is 0 Å². The molecular weight excluding hydrogens is 370 g/mol. The molecule has 140 valence electrons. The zero-order chi connectivity index (χ0) is 19.4. The third-order valence-electron chi connectivity index (χ3n) is 4.17. The highest BCUT2D eigenvalue weighted by atomic mass is 32.1. The van der Waals surface area contributed by atoms with E-state index in [1.165, 1.54) is 22.5 Å². The summed E-state index contributed by atoms with van der Waals surface area (Å²) in [7, 11) is 0. The van der Waals surface area contributed by atoms with Crippen LogP contribution in [-0.4, -0.2) is 40.7 Å². The average molecular weight is 387 g/mol. The Morgan fingerprint density at radius 3 is 3.00 bits per heavy atom. The first kappa shape index (κ1) is 18.8. The lowest BCUT2D eigenvalue weighted by Crippen LogP contribution is -2.27. The lowest BCUT2D eigenvalue weighted by Gasteiger charge is -2.14. The molecule has 1 aliphatic rings. The Balaban J connectivity index is 1.52. The van der Waals surface area contributed by atoms with Crippen molar-refractivity contribution in [2.24, 2.45) is 5.92 Å². The number of Topliss-reactive ketones (excluding diaryl/α,β-unsaturated/α-hetero) is 1. The number of carbonyl (C=O) groups is 3. The van der Waals surface area contributed by atoms with Gasteiger partial charge in [-0.15, -0.1) is 11.3 Å². The Morgan fingerprint density at radius 2 is 2.37 bits per heavy atom. The molecule has 27 heavy (non-hydrogen) atoms. The maximum atomic E-state index is 12.2. The highest BCUT2D eigenvalue weighted by molar-refractivity contribution is 7.09. The first-order valence-corrected chi connectivity index (χ1v) is 9.17. The number of thiazole rings is 1. The summed E-state index contributed by atoms with van der Waals surface area (Å²) in [4.78, 5) is 42.2. The SMILES string of the molecule is Cc1csc([C@@H](C#N)C(=O)COC(=O)[C@@H]2CC(=O)N(Cc3ccco3)C2)n1. The number of ketones is 1. The number of nitriles is 1. The van der Waals surface area contributed by atoms with E-state index in [1.807, 2.05) is 6.07 Å². The third kappa shape index (κ3) is 4.41. The van der Waals surface area contributed by atoms with Crippen LogP contribution in [0.5, 0.6) is 0 Å². The van der Waals surface area contributed by atoms with Gasteiger partial charge in [0.2, 0.25) is 5.91 Å². The molecule has 2 atom stereocenters. The molecule has 3 rings (SSSR count). The van der Waals surface area contributed by atoms with Gasteiger partial charge in [-0.25, -0.2) is 4.98 Å². The number of esters is 1. The Bertz CT molecular complexity index is 883. The van der Waals surface area contributed by atoms with Gasteiger partial charge in [0.05, 0.1) is 24.8 Å². The molecule has 2 aromatic heterocycles. The molecule has 2 aromatic rings. The number of hydrogen-bond acceptors (Lipinski definition) is 8. The monoisotopic (exact) mass is 387 g/mol. The van der Waals surface area contributed by atoms with Gasteiger partial charge < -0.3 is 14.1 Å². The van der Waals surface area contributed by atoms with Crippen LogP contribution in [0.4, 0.5) is 0 Å². The van der Waals surface area contributed by atoms with E-state index < -0.39 is 30.2 Å². The molecule has 1 amide bonds. The predicted octanol–water partition coefficient (Wildman–Crippen LogP) is 1.81.